The number of imidazole rings is 1. The number of aromatic amines is 1. The fourth-order valence-electron chi connectivity index (χ4n) is 3.49. The zero-order valence-corrected chi connectivity index (χ0v) is 15.1. The van der Waals surface area contributed by atoms with Crippen LogP contribution in [0.4, 0.5) is 0 Å². The van der Waals surface area contributed by atoms with E-state index in [1.165, 1.54) is 11.1 Å². The molecule has 1 atom stereocenters. The van der Waals surface area contributed by atoms with E-state index in [4.69, 9.17) is 9.72 Å². The summed E-state index contributed by atoms with van der Waals surface area (Å²) in [6, 6.07) is 14.9. The highest BCUT2D eigenvalue weighted by molar-refractivity contribution is 5.29. The van der Waals surface area contributed by atoms with E-state index in [1.807, 2.05) is 6.20 Å². The van der Waals surface area contributed by atoms with Crippen LogP contribution in [0.15, 0.2) is 54.9 Å². The number of hydrogen-bond donors (Lipinski definition) is 1. The average Bonchev–Trinajstić information content (AvgIpc) is 3.15. The molecule has 0 bridgehead atoms. The van der Waals surface area contributed by atoms with Crippen molar-refractivity contribution in [1.29, 1.82) is 0 Å². The maximum atomic E-state index is 6.04. The molecule has 0 amide bonds. The monoisotopic (exact) mass is 348 g/mol. The van der Waals surface area contributed by atoms with Crippen LogP contribution in [0.2, 0.25) is 0 Å². The Morgan fingerprint density at radius 1 is 1.19 bits per heavy atom. The average molecular weight is 348 g/mol. The lowest BCUT2D eigenvalue weighted by Crippen LogP contribution is -2.38. The molecule has 1 aromatic carbocycles. The maximum absolute atomic E-state index is 6.04. The molecule has 134 valence electrons. The van der Waals surface area contributed by atoms with Crippen molar-refractivity contribution < 1.29 is 4.74 Å². The Balaban J connectivity index is 1.49. The summed E-state index contributed by atoms with van der Waals surface area (Å²) < 4.78 is 6.04. The molecule has 3 heterocycles. The third kappa shape index (κ3) is 4.18. The molecular formula is C21H24N4O. The van der Waals surface area contributed by atoms with Crippen molar-refractivity contribution in [2.75, 3.05) is 19.7 Å². The zero-order chi connectivity index (χ0) is 17.8. The molecule has 1 fully saturated rings. The topological polar surface area (TPSA) is 54.0 Å². The third-order valence-electron chi connectivity index (χ3n) is 4.69. The van der Waals surface area contributed by atoms with E-state index in [1.54, 1.807) is 6.20 Å². The number of rotatable bonds is 5. The van der Waals surface area contributed by atoms with E-state index < -0.39 is 0 Å². The fraction of sp³-hybridized carbons (Fsp3) is 0.333. The van der Waals surface area contributed by atoms with Crippen LogP contribution in [0.5, 0.6) is 0 Å². The van der Waals surface area contributed by atoms with E-state index in [2.05, 4.69) is 64.3 Å². The first kappa shape index (κ1) is 16.9. The number of morpholine rings is 1. The van der Waals surface area contributed by atoms with Gasteiger partial charge in [-0.15, -0.1) is 0 Å². The van der Waals surface area contributed by atoms with Gasteiger partial charge in [0.1, 0.15) is 11.9 Å². The number of H-pyrrole nitrogens is 1. The highest BCUT2D eigenvalue weighted by Crippen LogP contribution is 2.24. The molecule has 5 heteroatoms. The smallest absolute Gasteiger partial charge is 0.120 e. The van der Waals surface area contributed by atoms with Gasteiger partial charge in [-0.25, -0.2) is 4.98 Å². The summed E-state index contributed by atoms with van der Waals surface area (Å²) in [5.41, 5.74) is 4.67. The van der Waals surface area contributed by atoms with Crippen molar-refractivity contribution in [3.05, 3.63) is 83.2 Å². The molecule has 5 nitrogen and oxygen atoms in total. The standard InChI is InChI=1S/C21H24N4O/c1-16-11-18(12-17-5-3-2-4-6-17)13-19(24-16)20-14-25(9-10-26-20)15-21-22-7-8-23-21/h2-8,11,13,20H,9-10,12,14-15H2,1H3,(H,22,23)/t20-/m0/s1. The van der Waals surface area contributed by atoms with Gasteiger partial charge in [0.2, 0.25) is 0 Å². The first-order valence-corrected chi connectivity index (χ1v) is 9.10. The lowest BCUT2D eigenvalue weighted by molar-refractivity contribution is -0.0357. The van der Waals surface area contributed by atoms with Crippen LogP contribution in [0.1, 0.15) is 34.4 Å². The fourth-order valence-corrected chi connectivity index (χ4v) is 3.49. The third-order valence-corrected chi connectivity index (χ3v) is 4.69. The Kier molecular flexibility index (Phi) is 5.09. The van der Waals surface area contributed by atoms with Crippen LogP contribution in [0.25, 0.3) is 0 Å². The number of aromatic nitrogens is 3. The van der Waals surface area contributed by atoms with Crippen molar-refractivity contribution in [3.8, 4) is 0 Å². The number of nitrogens with one attached hydrogen (secondary N) is 1. The molecule has 0 unspecified atom stereocenters. The number of ether oxygens (including phenoxy) is 1. The highest BCUT2D eigenvalue weighted by Gasteiger charge is 2.24. The quantitative estimate of drug-likeness (QED) is 0.769. The highest BCUT2D eigenvalue weighted by atomic mass is 16.5. The lowest BCUT2D eigenvalue weighted by Gasteiger charge is -2.32. The minimum absolute atomic E-state index is 0.00753. The second-order valence-electron chi connectivity index (χ2n) is 6.83. The zero-order valence-electron chi connectivity index (χ0n) is 15.1. The minimum atomic E-state index is 0.00753. The van der Waals surface area contributed by atoms with Crippen LogP contribution >= 0.6 is 0 Å². The van der Waals surface area contributed by atoms with Gasteiger partial charge in [0.25, 0.3) is 0 Å². The predicted molar refractivity (Wildman–Crippen MR) is 101 cm³/mol. The first-order chi connectivity index (χ1) is 12.8. The van der Waals surface area contributed by atoms with Gasteiger partial charge >= 0.3 is 0 Å². The SMILES string of the molecule is Cc1cc(Cc2ccccc2)cc([C@@H]2CN(Cc3ncc[nH]3)CCO2)n1. The molecule has 1 aliphatic heterocycles. The van der Waals surface area contributed by atoms with Crippen molar-refractivity contribution in [3.63, 3.8) is 0 Å². The molecule has 0 spiro atoms. The Bertz CT molecular complexity index is 832. The summed E-state index contributed by atoms with van der Waals surface area (Å²) in [6.45, 7) is 5.34. The van der Waals surface area contributed by atoms with Crippen LogP contribution in [-0.2, 0) is 17.7 Å². The Morgan fingerprint density at radius 2 is 2.08 bits per heavy atom. The lowest BCUT2D eigenvalue weighted by atomic mass is 10.0. The Morgan fingerprint density at radius 3 is 2.88 bits per heavy atom. The van der Waals surface area contributed by atoms with Gasteiger partial charge in [0.05, 0.1) is 18.8 Å². The summed E-state index contributed by atoms with van der Waals surface area (Å²) in [5.74, 6) is 0.993. The second kappa shape index (κ2) is 7.81. The van der Waals surface area contributed by atoms with E-state index in [-0.39, 0.29) is 6.10 Å². The molecule has 3 aromatic rings. The van der Waals surface area contributed by atoms with E-state index in [0.717, 1.165) is 49.9 Å². The summed E-state index contributed by atoms with van der Waals surface area (Å²) >= 11 is 0. The van der Waals surface area contributed by atoms with E-state index in [0.29, 0.717) is 0 Å². The van der Waals surface area contributed by atoms with Crippen molar-refractivity contribution in [2.45, 2.75) is 26.0 Å². The number of nitrogens with zero attached hydrogens (tertiary/aromatic N) is 3. The predicted octanol–water partition coefficient (Wildman–Crippen LogP) is 3.28. The van der Waals surface area contributed by atoms with Gasteiger partial charge in [-0.2, -0.15) is 0 Å². The minimum Gasteiger partial charge on any atom is -0.369 e. The van der Waals surface area contributed by atoms with Crippen molar-refractivity contribution >= 4 is 0 Å². The summed E-state index contributed by atoms with van der Waals surface area (Å²) in [4.78, 5) is 14.6. The Labute approximate surface area is 154 Å². The second-order valence-corrected chi connectivity index (χ2v) is 6.83. The maximum Gasteiger partial charge on any atom is 0.120 e. The van der Waals surface area contributed by atoms with Crippen molar-refractivity contribution in [2.24, 2.45) is 0 Å². The van der Waals surface area contributed by atoms with Gasteiger partial charge in [0, 0.05) is 31.2 Å². The molecule has 2 aromatic heterocycles. The summed E-state index contributed by atoms with van der Waals surface area (Å²) in [6.07, 6.45) is 4.59. The first-order valence-electron chi connectivity index (χ1n) is 9.10. The van der Waals surface area contributed by atoms with Crippen LogP contribution in [0.3, 0.4) is 0 Å². The molecule has 0 aliphatic carbocycles. The molecule has 1 aliphatic rings. The number of aryl methyl sites for hydroxylation is 1. The normalized spacial score (nSPS) is 18.1. The molecule has 26 heavy (non-hydrogen) atoms. The largest absolute Gasteiger partial charge is 0.369 e. The van der Waals surface area contributed by atoms with Gasteiger partial charge in [0.15, 0.2) is 0 Å². The van der Waals surface area contributed by atoms with Gasteiger partial charge in [-0.1, -0.05) is 30.3 Å². The molecule has 0 radical (unpaired) electrons. The Hall–Kier alpha value is -2.50. The molecule has 1 N–H and O–H groups in total. The van der Waals surface area contributed by atoms with E-state index >= 15 is 0 Å². The summed E-state index contributed by atoms with van der Waals surface area (Å²) in [5, 5.41) is 0. The molecule has 0 saturated carbocycles. The molecular weight excluding hydrogens is 324 g/mol. The van der Waals surface area contributed by atoms with Gasteiger partial charge in [-0.05, 0) is 36.6 Å². The molecule has 1 saturated heterocycles. The number of pyridine rings is 1. The van der Waals surface area contributed by atoms with Gasteiger partial charge < -0.3 is 9.72 Å². The van der Waals surface area contributed by atoms with Crippen LogP contribution in [0, 0.1) is 6.92 Å². The number of hydrogen-bond acceptors (Lipinski definition) is 4. The van der Waals surface area contributed by atoms with Crippen LogP contribution < -0.4 is 0 Å². The van der Waals surface area contributed by atoms with Crippen LogP contribution in [-0.4, -0.2) is 39.5 Å². The van der Waals surface area contributed by atoms with E-state index in [9.17, 15) is 0 Å². The number of benzene rings is 1. The van der Waals surface area contributed by atoms with Gasteiger partial charge in [-0.3, -0.25) is 9.88 Å². The molecule has 4 rings (SSSR count). The summed E-state index contributed by atoms with van der Waals surface area (Å²) in [7, 11) is 0. The van der Waals surface area contributed by atoms with Crippen molar-refractivity contribution in [1.82, 2.24) is 19.9 Å².